The maximum Gasteiger partial charge on any atom is 0.416 e. The molecule has 0 saturated carbocycles. The molecule has 2 aromatic rings. The zero-order chi connectivity index (χ0) is 16.2. The number of benzene rings is 1. The molecular weight excluding hydrogens is 301 g/mol. The van der Waals surface area contributed by atoms with Crippen molar-refractivity contribution in [1.29, 1.82) is 0 Å². The first-order valence-corrected chi connectivity index (χ1v) is 6.28. The van der Waals surface area contributed by atoms with Crippen LogP contribution in [0.5, 0.6) is 0 Å². The van der Waals surface area contributed by atoms with Crippen molar-refractivity contribution in [2.75, 3.05) is 11.9 Å². The van der Waals surface area contributed by atoms with E-state index in [0.717, 1.165) is 24.3 Å². The van der Waals surface area contributed by atoms with E-state index in [1.807, 2.05) is 0 Å². The number of carbonyl (C=O) groups excluding carboxylic acids is 1. The van der Waals surface area contributed by atoms with Crippen LogP contribution in [0, 0.1) is 0 Å². The van der Waals surface area contributed by atoms with Crippen LogP contribution in [0.2, 0.25) is 0 Å². The van der Waals surface area contributed by atoms with E-state index in [1.165, 1.54) is 12.5 Å². The molecule has 5 nitrogen and oxygen atoms in total. The van der Waals surface area contributed by atoms with Crippen LogP contribution in [0.15, 0.2) is 47.3 Å². The highest BCUT2D eigenvalue weighted by molar-refractivity contribution is 5.89. The lowest BCUT2D eigenvalue weighted by Gasteiger charge is -2.12. The van der Waals surface area contributed by atoms with Crippen LogP contribution in [-0.4, -0.2) is 17.7 Å². The maximum atomic E-state index is 12.4. The Morgan fingerprint density at radius 2 is 1.91 bits per heavy atom. The quantitative estimate of drug-likeness (QED) is 0.811. The summed E-state index contributed by atoms with van der Waals surface area (Å²) in [7, 11) is 0. The van der Waals surface area contributed by atoms with Gasteiger partial charge < -0.3 is 20.2 Å². The average molecular weight is 314 g/mol. The van der Waals surface area contributed by atoms with E-state index in [4.69, 9.17) is 4.42 Å². The summed E-state index contributed by atoms with van der Waals surface area (Å²) in [6, 6.07) is 4.96. The summed E-state index contributed by atoms with van der Waals surface area (Å²) in [5, 5.41) is 14.5. The number of hydrogen-bond donors (Lipinski definition) is 3. The summed E-state index contributed by atoms with van der Waals surface area (Å²) < 4.78 is 42.0. The Kier molecular flexibility index (Phi) is 4.71. The Morgan fingerprint density at radius 1 is 1.23 bits per heavy atom. The molecule has 1 atom stereocenters. The summed E-state index contributed by atoms with van der Waals surface area (Å²) in [5.74, 6) is 0. The van der Waals surface area contributed by atoms with Crippen LogP contribution in [0.4, 0.5) is 23.7 Å². The van der Waals surface area contributed by atoms with Crippen LogP contribution < -0.4 is 10.6 Å². The number of nitrogens with one attached hydrogen (secondary N) is 2. The molecule has 0 saturated heterocycles. The van der Waals surface area contributed by atoms with Gasteiger partial charge in [0.05, 0.1) is 24.2 Å². The van der Waals surface area contributed by atoms with Crippen molar-refractivity contribution >= 4 is 11.7 Å². The van der Waals surface area contributed by atoms with Crippen molar-refractivity contribution in [3.8, 4) is 0 Å². The van der Waals surface area contributed by atoms with Crippen molar-refractivity contribution < 1.29 is 27.5 Å². The van der Waals surface area contributed by atoms with E-state index in [-0.39, 0.29) is 12.2 Å². The van der Waals surface area contributed by atoms with Gasteiger partial charge in [0.1, 0.15) is 0 Å². The molecule has 1 aromatic carbocycles. The molecule has 2 amide bonds. The maximum absolute atomic E-state index is 12.4. The molecule has 22 heavy (non-hydrogen) atoms. The molecule has 8 heteroatoms. The topological polar surface area (TPSA) is 74.5 Å². The standard InChI is InChI=1S/C14H13F3N2O3/c15-14(16,17)10-1-3-11(4-2-10)19-13(21)18-7-12(20)9-5-6-22-8-9/h1-6,8,12,20H,7H2,(H2,18,19,21)/t12-/m0/s1. The van der Waals surface area contributed by atoms with E-state index in [1.54, 1.807) is 6.07 Å². The lowest BCUT2D eigenvalue weighted by atomic mass is 10.2. The lowest BCUT2D eigenvalue weighted by molar-refractivity contribution is -0.137. The lowest BCUT2D eigenvalue weighted by Crippen LogP contribution is -2.32. The minimum atomic E-state index is -4.42. The van der Waals surface area contributed by atoms with Crippen LogP contribution in [0.3, 0.4) is 0 Å². The zero-order valence-electron chi connectivity index (χ0n) is 11.2. The second kappa shape index (κ2) is 6.52. The van der Waals surface area contributed by atoms with Crippen molar-refractivity contribution in [3.05, 3.63) is 54.0 Å². The Hall–Kier alpha value is -2.48. The number of aliphatic hydroxyl groups is 1. The summed E-state index contributed by atoms with van der Waals surface area (Å²) in [6.07, 6.45) is -2.62. The highest BCUT2D eigenvalue weighted by atomic mass is 19.4. The normalized spacial score (nSPS) is 12.7. The number of alkyl halides is 3. The van der Waals surface area contributed by atoms with Crippen LogP contribution in [-0.2, 0) is 6.18 Å². The SMILES string of the molecule is O=C(NC[C@H](O)c1ccoc1)Nc1ccc(C(F)(F)F)cc1. The summed E-state index contributed by atoms with van der Waals surface area (Å²) in [6.45, 7) is -0.0635. The monoisotopic (exact) mass is 314 g/mol. The molecule has 0 unspecified atom stereocenters. The third-order valence-corrected chi connectivity index (χ3v) is 2.85. The molecule has 0 bridgehead atoms. The first-order chi connectivity index (χ1) is 10.4. The largest absolute Gasteiger partial charge is 0.472 e. The fourth-order valence-corrected chi connectivity index (χ4v) is 1.69. The van der Waals surface area contributed by atoms with Gasteiger partial charge >= 0.3 is 12.2 Å². The van der Waals surface area contributed by atoms with Crippen molar-refractivity contribution in [3.63, 3.8) is 0 Å². The Labute approximate surface area is 123 Å². The molecule has 0 aliphatic heterocycles. The van der Waals surface area contributed by atoms with E-state index in [0.29, 0.717) is 5.56 Å². The third-order valence-electron chi connectivity index (χ3n) is 2.85. The number of furan rings is 1. The molecule has 1 heterocycles. The fraction of sp³-hybridized carbons (Fsp3) is 0.214. The van der Waals surface area contributed by atoms with Gasteiger partial charge in [0.2, 0.25) is 0 Å². The van der Waals surface area contributed by atoms with E-state index in [9.17, 15) is 23.1 Å². The number of amides is 2. The first-order valence-electron chi connectivity index (χ1n) is 6.28. The summed E-state index contributed by atoms with van der Waals surface area (Å²) >= 11 is 0. The predicted octanol–water partition coefficient (Wildman–Crippen LogP) is 3.15. The predicted molar refractivity (Wildman–Crippen MR) is 72.1 cm³/mol. The Balaban J connectivity index is 1.84. The third kappa shape index (κ3) is 4.26. The van der Waals surface area contributed by atoms with Crippen molar-refractivity contribution in [2.24, 2.45) is 0 Å². The van der Waals surface area contributed by atoms with Gasteiger partial charge in [-0.3, -0.25) is 0 Å². The van der Waals surface area contributed by atoms with Crippen LogP contribution in [0.25, 0.3) is 0 Å². The Morgan fingerprint density at radius 3 is 2.45 bits per heavy atom. The number of rotatable bonds is 4. The second-order valence-electron chi connectivity index (χ2n) is 4.48. The van der Waals surface area contributed by atoms with Gasteiger partial charge in [-0.1, -0.05) is 0 Å². The number of halogens is 3. The molecule has 2 rings (SSSR count). The van der Waals surface area contributed by atoms with E-state index >= 15 is 0 Å². The number of urea groups is 1. The Bertz CT molecular complexity index is 609. The van der Waals surface area contributed by atoms with Gasteiger partial charge in [-0.2, -0.15) is 13.2 Å². The second-order valence-corrected chi connectivity index (χ2v) is 4.48. The van der Waals surface area contributed by atoms with E-state index in [2.05, 4.69) is 10.6 Å². The molecule has 0 radical (unpaired) electrons. The molecule has 0 fully saturated rings. The minimum Gasteiger partial charge on any atom is -0.472 e. The van der Waals surface area contributed by atoms with Gasteiger partial charge in [0, 0.05) is 17.8 Å². The molecule has 0 spiro atoms. The van der Waals surface area contributed by atoms with Crippen LogP contribution in [0.1, 0.15) is 17.2 Å². The van der Waals surface area contributed by atoms with Gasteiger partial charge in [-0.25, -0.2) is 4.79 Å². The smallest absolute Gasteiger partial charge is 0.416 e. The zero-order valence-corrected chi connectivity index (χ0v) is 11.2. The fourth-order valence-electron chi connectivity index (χ4n) is 1.69. The van der Waals surface area contributed by atoms with Crippen molar-refractivity contribution in [2.45, 2.75) is 12.3 Å². The van der Waals surface area contributed by atoms with Gasteiger partial charge in [0.15, 0.2) is 0 Å². The molecule has 0 aliphatic carbocycles. The average Bonchev–Trinajstić information content (AvgIpc) is 2.98. The first kappa shape index (κ1) is 15.9. The highest BCUT2D eigenvalue weighted by Gasteiger charge is 2.29. The molecular formula is C14H13F3N2O3. The molecule has 3 N–H and O–H groups in total. The minimum absolute atomic E-state index is 0.0635. The van der Waals surface area contributed by atoms with Gasteiger partial charge in [-0.05, 0) is 30.3 Å². The van der Waals surface area contributed by atoms with Crippen LogP contribution >= 0.6 is 0 Å². The summed E-state index contributed by atoms with van der Waals surface area (Å²) in [5.41, 5.74) is -0.0769. The summed E-state index contributed by atoms with van der Waals surface area (Å²) in [4.78, 5) is 11.6. The molecule has 0 aliphatic rings. The number of anilines is 1. The van der Waals surface area contributed by atoms with Gasteiger partial charge in [0.25, 0.3) is 0 Å². The molecule has 118 valence electrons. The van der Waals surface area contributed by atoms with E-state index < -0.39 is 23.9 Å². The highest BCUT2D eigenvalue weighted by Crippen LogP contribution is 2.29. The number of carbonyl (C=O) groups is 1. The van der Waals surface area contributed by atoms with Crippen molar-refractivity contribution in [1.82, 2.24) is 5.32 Å². The number of hydrogen-bond acceptors (Lipinski definition) is 3. The number of aliphatic hydroxyl groups excluding tert-OH is 1. The molecule has 1 aromatic heterocycles. The van der Waals surface area contributed by atoms with Gasteiger partial charge in [-0.15, -0.1) is 0 Å².